The Hall–Kier alpha value is -1.62. The third-order valence-electron chi connectivity index (χ3n) is 7.24. The zero-order valence-corrected chi connectivity index (χ0v) is 18.9. The summed E-state index contributed by atoms with van der Waals surface area (Å²) in [4.78, 5) is 24.5. The Morgan fingerprint density at radius 2 is 1.97 bits per heavy atom. The number of carbonyl (C=O) groups is 2. The first-order chi connectivity index (χ1) is 14.3. The smallest absolute Gasteiger partial charge is 0.309 e. The summed E-state index contributed by atoms with van der Waals surface area (Å²) in [5.41, 5.74) is 1.28. The molecule has 3 rings (SSSR count). The highest BCUT2D eigenvalue weighted by molar-refractivity contribution is 5.72. The number of fused-ring (bicyclic) bond motifs is 1. The summed E-state index contributed by atoms with van der Waals surface area (Å²) in [7, 11) is 0. The van der Waals surface area contributed by atoms with Crippen molar-refractivity contribution < 1.29 is 24.2 Å². The van der Waals surface area contributed by atoms with Gasteiger partial charge in [-0.15, -0.1) is 0 Å². The van der Waals surface area contributed by atoms with Gasteiger partial charge in [0.25, 0.3) is 0 Å². The number of hydrogen-bond donors (Lipinski definition) is 1. The van der Waals surface area contributed by atoms with Gasteiger partial charge in [-0.25, -0.2) is 0 Å². The Morgan fingerprint density at radius 1 is 1.23 bits per heavy atom. The Bertz CT molecular complexity index is 677. The maximum absolute atomic E-state index is 12.8. The summed E-state index contributed by atoms with van der Waals surface area (Å²) < 4.78 is 11.6. The van der Waals surface area contributed by atoms with Gasteiger partial charge in [0.1, 0.15) is 12.2 Å². The van der Waals surface area contributed by atoms with Crippen LogP contribution in [0.1, 0.15) is 72.6 Å². The number of allylic oxidation sites excluding steroid dienone is 3. The number of cyclic esters (lactones) is 1. The first kappa shape index (κ1) is 23.1. The van der Waals surface area contributed by atoms with E-state index in [9.17, 15) is 14.7 Å². The SMILES string of the molecule is CCC(CC)C(=O)OC1CC(C)C=C2C=CC(C)C(CCC3CC(O)CC(=O)O3)C21. The van der Waals surface area contributed by atoms with Crippen LogP contribution in [0.15, 0.2) is 23.8 Å². The Balaban J connectivity index is 1.74. The van der Waals surface area contributed by atoms with Crippen molar-refractivity contribution in [2.75, 3.05) is 0 Å². The number of carbonyl (C=O) groups excluding carboxylic acids is 2. The molecule has 0 aromatic rings. The molecule has 1 aliphatic heterocycles. The lowest BCUT2D eigenvalue weighted by atomic mass is 9.65. The average Bonchev–Trinajstić information content (AvgIpc) is 2.67. The van der Waals surface area contributed by atoms with Crippen LogP contribution in [-0.4, -0.2) is 35.4 Å². The van der Waals surface area contributed by atoms with Crippen molar-refractivity contribution in [2.24, 2.45) is 29.6 Å². The van der Waals surface area contributed by atoms with Gasteiger partial charge >= 0.3 is 11.9 Å². The summed E-state index contributed by atoms with van der Waals surface area (Å²) in [6, 6.07) is 0. The molecule has 0 spiro atoms. The second kappa shape index (κ2) is 10.1. The van der Waals surface area contributed by atoms with Gasteiger partial charge in [-0.1, -0.05) is 45.9 Å². The Labute approximate surface area is 180 Å². The van der Waals surface area contributed by atoms with Crippen LogP contribution in [0.3, 0.4) is 0 Å². The molecular formula is C25H38O5. The molecule has 2 aliphatic carbocycles. The van der Waals surface area contributed by atoms with Crippen molar-refractivity contribution in [2.45, 2.75) is 91.0 Å². The largest absolute Gasteiger partial charge is 0.462 e. The molecule has 0 amide bonds. The van der Waals surface area contributed by atoms with E-state index < -0.39 is 6.10 Å². The molecule has 1 fully saturated rings. The van der Waals surface area contributed by atoms with Crippen LogP contribution in [0.4, 0.5) is 0 Å². The van der Waals surface area contributed by atoms with Crippen LogP contribution < -0.4 is 0 Å². The Kier molecular flexibility index (Phi) is 7.78. The van der Waals surface area contributed by atoms with Gasteiger partial charge in [0.05, 0.1) is 18.4 Å². The molecule has 7 unspecified atom stereocenters. The molecule has 0 aromatic carbocycles. The first-order valence-electron chi connectivity index (χ1n) is 11.8. The van der Waals surface area contributed by atoms with E-state index in [1.54, 1.807) is 0 Å². The molecule has 1 saturated heterocycles. The van der Waals surface area contributed by atoms with Crippen LogP contribution in [0, 0.1) is 29.6 Å². The molecule has 3 aliphatic rings. The minimum absolute atomic E-state index is 0.0344. The van der Waals surface area contributed by atoms with Crippen LogP contribution in [0.2, 0.25) is 0 Å². The number of ether oxygens (including phenoxy) is 2. The molecular weight excluding hydrogens is 380 g/mol. The van der Waals surface area contributed by atoms with Gasteiger partial charge < -0.3 is 14.6 Å². The molecule has 5 heteroatoms. The summed E-state index contributed by atoms with van der Waals surface area (Å²) in [6.07, 6.45) is 10.6. The third-order valence-corrected chi connectivity index (χ3v) is 7.24. The highest BCUT2D eigenvalue weighted by Crippen LogP contribution is 2.45. The highest BCUT2D eigenvalue weighted by Gasteiger charge is 2.42. The summed E-state index contributed by atoms with van der Waals surface area (Å²) in [6.45, 7) is 8.49. The van der Waals surface area contributed by atoms with Crippen LogP contribution in [-0.2, 0) is 19.1 Å². The maximum Gasteiger partial charge on any atom is 0.309 e. The number of rotatable bonds is 7. The van der Waals surface area contributed by atoms with Gasteiger partial charge in [-0.2, -0.15) is 0 Å². The second-order valence-corrected chi connectivity index (χ2v) is 9.56. The lowest BCUT2D eigenvalue weighted by molar-refractivity contribution is -0.162. The van der Waals surface area contributed by atoms with Gasteiger partial charge in [0.2, 0.25) is 0 Å². The fraction of sp³-hybridized carbons (Fsp3) is 0.760. The molecule has 1 heterocycles. The van der Waals surface area contributed by atoms with Crippen LogP contribution in [0.25, 0.3) is 0 Å². The summed E-state index contributed by atoms with van der Waals surface area (Å²) >= 11 is 0. The number of esters is 2. The highest BCUT2D eigenvalue weighted by atomic mass is 16.5. The first-order valence-corrected chi connectivity index (χ1v) is 11.8. The monoisotopic (exact) mass is 418 g/mol. The number of hydrogen-bond acceptors (Lipinski definition) is 5. The number of aliphatic hydroxyl groups is 1. The molecule has 30 heavy (non-hydrogen) atoms. The van der Waals surface area contributed by atoms with Crippen LogP contribution in [0.5, 0.6) is 0 Å². The molecule has 0 aromatic heterocycles. The predicted octanol–water partition coefficient (Wildman–Crippen LogP) is 4.59. The van der Waals surface area contributed by atoms with E-state index in [2.05, 4.69) is 32.1 Å². The van der Waals surface area contributed by atoms with Crippen molar-refractivity contribution >= 4 is 11.9 Å². The minimum Gasteiger partial charge on any atom is -0.462 e. The van der Waals surface area contributed by atoms with Crippen molar-refractivity contribution in [1.82, 2.24) is 0 Å². The minimum atomic E-state index is -0.598. The Morgan fingerprint density at radius 3 is 2.63 bits per heavy atom. The van der Waals surface area contributed by atoms with Crippen molar-refractivity contribution in [1.29, 1.82) is 0 Å². The van der Waals surface area contributed by atoms with Crippen molar-refractivity contribution in [3.05, 3.63) is 23.8 Å². The zero-order chi connectivity index (χ0) is 21.8. The van der Waals surface area contributed by atoms with E-state index in [0.717, 1.165) is 32.1 Å². The lowest BCUT2D eigenvalue weighted by Crippen LogP contribution is -2.42. The topological polar surface area (TPSA) is 72.8 Å². The van der Waals surface area contributed by atoms with Crippen molar-refractivity contribution in [3.63, 3.8) is 0 Å². The van der Waals surface area contributed by atoms with E-state index in [1.165, 1.54) is 5.57 Å². The van der Waals surface area contributed by atoms with E-state index in [-0.39, 0.29) is 42.4 Å². The van der Waals surface area contributed by atoms with E-state index in [0.29, 0.717) is 24.2 Å². The van der Waals surface area contributed by atoms with Crippen molar-refractivity contribution in [3.8, 4) is 0 Å². The van der Waals surface area contributed by atoms with Crippen LogP contribution >= 0.6 is 0 Å². The van der Waals surface area contributed by atoms with Gasteiger partial charge in [-0.05, 0) is 55.4 Å². The third kappa shape index (κ3) is 5.35. The molecule has 168 valence electrons. The predicted molar refractivity (Wildman–Crippen MR) is 115 cm³/mol. The summed E-state index contributed by atoms with van der Waals surface area (Å²) in [5.74, 6) is 0.841. The normalized spacial score (nSPS) is 36.1. The fourth-order valence-electron chi connectivity index (χ4n) is 5.51. The van der Waals surface area contributed by atoms with Gasteiger partial charge in [0, 0.05) is 12.3 Å². The molecule has 5 nitrogen and oxygen atoms in total. The number of aliphatic hydroxyl groups excluding tert-OH is 1. The summed E-state index contributed by atoms with van der Waals surface area (Å²) in [5, 5.41) is 9.92. The van der Waals surface area contributed by atoms with E-state index in [4.69, 9.17) is 9.47 Å². The zero-order valence-electron chi connectivity index (χ0n) is 18.9. The molecule has 0 saturated carbocycles. The fourth-order valence-corrected chi connectivity index (χ4v) is 5.51. The quantitative estimate of drug-likeness (QED) is 0.613. The standard InChI is InChI=1S/C25H38O5/c1-5-17(6-2)25(28)30-22-12-15(3)11-18-8-7-16(4)21(24(18)22)10-9-20-13-19(26)14-23(27)29-20/h7-8,11,15-17,19-22,24,26H,5-6,9-10,12-14H2,1-4H3. The molecule has 0 radical (unpaired) electrons. The molecule has 1 N–H and O–H groups in total. The van der Waals surface area contributed by atoms with Gasteiger partial charge in [-0.3, -0.25) is 9.59 Å². The molecule has 0 bridgehead atoms. The lowest BCUT2D eigenvalue weighted by Gasteiger charge is -2.43. The van der Waals surface area contributed by atoms with Gasteiger partial charge in [0.15, 0.2) is 0 Å². The average molecular weight is 419 g/mol. The molecule has 7 atom stereocenters. The van der Waals surface area contributed by atoms with E-state index >= 15 is 0 Å². The van der Waals surface area contributed by atoms with E-state index in [1.807, 2.05) is 13.8 Å². The second-order valence-electron chi connectivity index (χ2n) is 9.56. The maximum atomic E-state index is 12.8.